The number of hydrogen-bond donors (Lipinski definition) is 0. The summed E-state index contributed by atoms with van der Waals surface area (Å²) in [6.07, 6.45) is 8.70. The molecule has 0 aliphatic carbocycles. The largest absolute Gasteiger partial charge is 0.213 e. The number of benzene rings is 8. The first-order valence-electron chi connectivity index (χ1n) is 27.7. The number of aromatic nitrogens is 4. The molecule has 376 valence electrons. The molecule has 0 unspecified atom stereocenters. The van der Waals surface area contributed by atoms with Gasteiger partial charge < -0.3 is 0 Å². The summed E-state index contributed by atoms with van der Waals surface area (Å²) >= 11 is 0. The van der Waals surface area contributed by atoms with Crippen LogP contribution in [0.15, 0.2) is 219 Å². The quantitative estimate of drug-likeness (QED) is 0.156. The van der Waals surface area contributed by atoms with Crippen LogP contribution in [0.4, 0.5) is 0 Å². The van der Waals surface area contributed by atoms with E-state index in [1.807, 2.05) is 32.2 Å². The maximum absolute atomic E-state index is 7.52. The molecule has 0 bridgehead atoms. The molecule has 8 aromatic carbocycles. The molecule has 0 saturated heterocycles. The van der Waals surface area contributed by atoms with Crippen LogP contribution in [-0.4, -0.2) is 0 Å². The van der Waals surface area contributed by atoms with E-state index in [1.165, 1.54) is 110 Å². The molecule has 0 saturated carbocycles. The van der Waals surface area contributed by atoms with Gasteiger partial charge in [0, 0.05) is 72.2 Å². The van der Waals surface area contributed by atoms with E-state index in [9.17, 15) is 0 Å². The van der Waals surface area contributed by atoms with Crippen LogP contribution in [0.1, 0.15) is 48.6 Å². The lowest BCUT2D eigenvalue weighted by atomic mass is 9.96. The zero-order valence-corrected chi connectivity index (χ0v) is 46.1. The Morgan fingerprint density at radius 1 is 0.263 bits per heavy atom. The van der Waals surface area contributed by atoms with Gasteiger partial charge in [0.25, 0.3) is 0 Å². The lowest BCUT2D eigenvalue weighted by Crippen LogP contribution is -2.30. The van der Waals surface area contributed by atoms with Crippen molar-refractivity contribution in [3.63, 3.8) is 0 Å². The van der Waals surface area contributed by atoms with E-state index < -0.39 is 6.85 Å². The molecule has 4 aromatic heterocycles. The van der Waals surface area contributed by atoms with Crippen molar-refractivity contribution in [1.82, 2.24) is 0 Å². The monoisotopic (exact) mass is 996 g/mol. The third kappa shape index (κ3) is 11.7. The minimum atomic E-state index is -2.06. The van der Waals surface area contributed by atoms with Crippen LogP contribution in [0.25, 0.3) is 88.1 Å². The van der Waals surface area contributed by atoms with Gasteiger partial charge >= 0.3 is 0 Å². The van der Waals surface area contributed by atoms with Gasteiger partial charge in [-0.1, -0.05) is 138 Å². The van der Waals surface area contributed by atoms with Crippen molar-refractivity contribution < 1.29 is 22.4 Å². The molecule has 4 heterocycles. The molecule has 0 aliphatic rings. The molecule has 0 N–H and O–H groups in total. The SMILES string of the molecule is Cc1cc(C)c(C)c(-c2cc3ccccc3c[n+]2C)c1.Cc1ccc(-c2cc3ccccc3c[n+]2C)c(C)c1.Cc1ccccc1-c1cc2ccccc2c[n+]1C.[2H]C([2H])([2H])c1ccc(-c2cc3ccccc3c[n+]2C)c(C)c1. The molecule has 4 heteroatoms. The van der Waals surface area contributed by atoms with Crippen LogP contribution >= 0.6 is 0 Å². The van der Waals surface area contributed by atoms with Crippen molar-refractivity contribution >= 4 is 43.1 Å². The van der Waals surface area contributed by atoms with Crippen LogP contribution in [0.2, 0.25) is 0 Å². The van der Waals surface area contributed by atoms with Crippen molar-refractivity contribution in [2.45, 2.75) is 55.3 Å². The second-order valence-corrected chi connectivity index (χ2v) is 20.5. The maximum atomic E-state index is 7.52. The van der Waals surface area contributed by atoms with Gasteiger partial charge in [-0.15, -0.1) is 0 Å². The first-order chi connectivity index (χ1) is 37.8. The number of nitrogens with zero attached hydrogens (tertiary/aromatic N) is 4. The van der Waals surface area contributed by atoms with Gasteiger partial charge in [0.2, 0.25) is 22.8 Å². The van der Waals surface area contributed by atoms with Crippen molar-refractivity contribution in [1.29, 1.82) is 0 Å². The number of hydrogen-bond acceptors (Lipinski definition) is 0. The molecule has 0 amide bonds. The summed E-state index contributed by atoms with van der Waals surface area (Å²) in [6.45, 7) is 12.9. The molecule has 12 aromatic rings. The van der Waals surface area contributed by atoms with Gasteiger partial charge in [0.1, 0.15) is 28.2 Å². The Kier molecular flexibility index (Phi) is 14.6. The summed E-state index contributed by atoms with van der Waals surface area (Å²) in [5.41, 5.74) is 19.2. The summed E-state index contributed by atoms with van der Waals surface area (Å²) in [4.78, 5) is 0. The average Bonchev–Trinajstić information content (AvgIpc) is 3.46. The fourth-order valence-electron chi connectivity index (χ4n) is 10.4. The molecule has 0 radical (unpaired) electrons. The number of aryl methyl sites for hydroxylation is 11. The number of pyridine rings is 4. The fraction of sp³-hybridized carbons (Fsp3) is 0.167. The molecule has 4 nitrogen and oxygen atoms in total. The minimum Gasteiger partial charge on any atom is -0.200 e. The van der Waals surface area contributed by atoms with Crippen molar-refractivity contribution in [3.8, 4) is 45.0 Å². The molecule has 0 aliphatic heterocycles. The third-order valence-electron chi connectivity index (χ3n) is 14.7. The molecular formula is C72H72N4+4. The summed E-state index contributed by atoms with van der Waals surface area (Å²) < 4.78 is 31.3. The predicted octanol–water partition coefficient (Wildman–Crippen LogP) is 15.8. The zero-order chi connectivity index (χ0) is 56.1. The lowest BCUT2D eigenvalue weighted by Gasteiger charge is -2.10. The normalized spacial score (nSPS) is 11.6. The molecule has 76 heavy (non-hydrogen) atoms. The summed E-state index contributed by atoms with van der Waals surface area (Å²) in [7, 11) is 8.35. The summed E-state index contributed by atoms with van der Waals surface area (Å²) in [5, 5.41) is 10.1. The van der Waals surface area contributed by atoms with E-state index in [-0.39, 0.29) is 0 Å². The van der Waals surface area contributed by atoms with E-state index in [4.69, 9.17) is 4.11 Å². The molecule has 0 atom stereocenters. The van der Waals surface area contributed by atoms with Gasteiger partial charge in [0.05, 0.1) is 0 Å². The van der Waals surface area contributed by atoms with Gasteiger partial charge in [-0.05, 0) is 153 Å². The van der Waals surface area contributed by atoms with E-state index >= 15 is 0 Å². The fourth-order valence-corrected chi connectivity index (χ4v) is 10.4. The Bertz CT molecular complexity index is 4210. The second-order valence-electron chi connectivity index (χ2n) is 20.5. The first-order valence-corrected chi connectivity index (χ1v) is 26.2. The Balaban J connectivity index is 0.000000128. The molecule has 0 fully saturated rings. The smallest absolute Gasteiger partial charge is 0.200 e. The third-order valence-corrected chi connectivity index (χ3v) is 14.7. The zero-order valence-electron chi connectivity index (χ0n) is 49.1. The van der Waals surface area contributed by atoms with E-state index in [0.717, 1.165) is 16.8 Å². The van der Waals surface area contributed by atoms with Crippen LogP contribution in [0.3, 0.4) is 0 Å². The first kappa shape index (κ1) is 48.3. The summed E-state index contributed by atoms with van der Waals surface area (Å²) in [5.74, 6) is 0. The molecular weight excluding hydrogens is 921 g/mol. The van der Waals surface area contributed by atoms with E-state index in [2.05, 4.69) is 270 Å². The highest BCUT2D eigenvalue weighted by Gasteiger charge is 2.18. The van der Waals surface area contributed by atoms with Crippen LogP contribution in [0.5, 0.6) is 0 Å². The Morgan fingerprint density at radius 3 is 0.961 bits per heavy atom. The number of rotatable bonds is 4. The Hall–Kier alpha value is -8.60. The molecule has 12 rings (SSSR count). The van der Waals surface area contributed by atoms with Crippen LogP contribution in [-0.2, 0) is 28.2 Å². The van der Waals surface area contributed by atoms with Crippen molar-refractivity contribution in [2.75, 3.05) is 0 Å². The van der Waals surface area contributed by atoms with Gasteiger partial charge in [-0.25, -0.2) is 18.3 Å². The second kappa shape index (κ2) is 22.9. The van der Waals surface area contributed by atoms with Gasteiger partial charge in [0.15, 0.2) is 24.8 Å². The van der Waals surface area contributed by atoms with Crippen LogP contribution < -0.4 is 18.3 Å². The lowest BCUT2D eigenvalue weighted by molar-refractivity contribution is -0.659. The topological polar surface area (TPSA) is 15.5 Å². The maximum Gasteiger partial charge on any atom is 0.213 e. The van der Waals surface area contributed by atoms with Crippen molar-refractivity contribution in [3.05, 3.63) is 263 Å². The minimum absolute atomic E-state index is 0.386. The van der Waals surface area contributed by atoms with E-state index in [1.54, 1.807) is 12.1 Å². The predicted molar refractivity (Wildman–Crippen MR) is 320 cm³/mol. The van der Waals surface area contributed by atoms with E-state index in [0.29, 0.717) is 5.56 Å². The highest BCUT2D eigenvalue weighted by atomic mass is 14.9. The van der Waals surface area contributed by atoms with Gasteiger partial charge in [-0.3, -0.25) is 0 Å². The number of fused-ring (bicyclic) bond motifs is 4. The highest BCUT2D eigenvalue weighted by Crippen LogP contribution is 2.29. The summed E-state index contributed by atoms with van der Waals surface area (Å²) in [6, 6.07) is 67.7. The Morgan fingerprint density at radius 2 is 0.579 bits per heavy atom. The Labute approximate surface area is 455 Å². The standard InChI is InChI=1S/C19H20N.2C18H18N.C17H16N/c1-13-9-14(2)15(3)18(10-13)19-11-16-7-5-6-8-17(16)12-20(19)4;2*1-13-8-9-17(14(2)10-13)18-11-15-6-4-5-7-16(15)12-19(18)3;1-13-7-3-6-10-16(13)17-11-14-8-4-5-9-15(14)12-18(17)2/h5-12H,1-4H3;2*4-12H,1-3H3;3-12H,1-2H3/q4*+1/i;1D3;;. The van der Waals surface area contributed by atoms with Crippen molar-refractivity contribution in [2.24, 2.45) is 28.2 Å². The van der Waals surface area contributed by atoms with Gasteiger partial charge in [-0.2, -0.15) is 0 Å². The highest BCUT2D eigenvalue weighted by molar-refractivity contribution is 5.87. The average molecular weight is 996 g/mol. The molecule has 0 spiro atoms. The van der Waals surface area contributed by atoms with Crippen LogP contribution in [0, 0.1) is 55.3 Å².